The second kappa shape index (κ2) is 3.87. The second-order valence-electron chi connectivity index (χ2n) is 2.53. The van der Waals surface area contributed by atoms with E-state index in [1.807, 2.05) is 0 Å². The highest BCUT2D eigenvalue weighted by atomic mass is 19.1. The first-order chi connectivity index (χ1) is 6.56. The predicted octanol–water partition coefficient (Wildman–Crippen LogP) is 1.07. The van der Waals surface area contributed by atoms with Gasteiger partial charge in [0.05, 0.1) is 7.11 Å². The van der Waals surface area contributed by atoms with Crippen molar-refractivity contribution in [1.29, 1.82) is 5.41 Å². The van der Waals surface area contributed by atoms with Crippen LogP contribution >= 0.6 is 0 Å². The minimum Gasteiger partial charge on any atom is -0.507 e. The maximum absolute atomic E-state index is 12.5. The van der Waals surface area contributed by atoms with E-state index in [0.717, 1.165) is 25.3 Å². The van der Waals surface area contributed by atoms with Gasteiger partial charge < -0.3 is 9.84 Å². The lowest BCUT2D eigenvalue weighted by Crippen LogP contribution is -2.15. The van der Waals surface area contributed by atoms with Gasteiger partial charge in [0.15, 0.2) is 5.71 Å². The number of phenols is 1. The number of ether oxygens (including phenoxy) is 1. The molecule has 0 amide bonds. The fraction of sp³-hybridized carbons (Fsp3) is 0.111. The van der Waals surface area contributed by atoms with Crippen LogP contribution in [-0.4, -0.2) is 23.9 Å². The summed E-state index contributed by atoms with van der Waals surface area (Å²) in [6.07, 6.45) is 0. The number of nitrogens with one attached hydrogen (secondary N) is 1. The highest BCUT2D eigenvalue weighted by Crippen LogP contribution is 2.18. The van der Waals surface area contributed by atoms with Crippen molar-refractivity contribution in [2.45, 2.75) is 0 Å². The Kier molecular flexibility index (Phi) is 2.81. The number of rotatable bonds is 2. The summed E-state index contributed by atoms with van der Waals surface area (Å²) in [5.74, 6) is -1.98. The number of carbonyl (C=O) groups is 1. The fourth-order valence-corrected chi connectivity index (χ4v) is 0.928. The van der Waals surface area contributed by atoms with Crippen LogP contribution in [0.1, 0.15) is 5.56 Å². The van der Waals surface area contributed by atoms with E-state index in [-0.39, 0.29) is 5.56 Å². The smallest absolute Gasteiger partial charge is 0.356 e. The molecule has 0 aromatic heterocycles. The molecule has 0 atom stereocenters. The number of hydrogen-bond acceptors (Lipinski definition) is 4. The molecule has 0 unspecified atom stereocenters. The van der Waals surface area contributed by atoms with Crippen LogP contribution in [-0.2, 0) is 9.53 Å². The van der Waals surface area contributed by atoms with Gasteiger partial charge >= 0.3 is 5.97 Å². The van der Waals surface area contributed by atoms with Crippen molar-refractivity contribution in [2.75, 3.05) is 7.11 Å². The zero-order valence-corrected chi connectivity index (χ0v) is 7.37. The molecule has 5 heteroatoms. The molecule has 74 valence electrons. The van der Waals surface area contributed by atoms with Crippen LogP contribution in [0.2, 0.25) is 0 Å². The topological polar surface area (TPSA) is 70.4 Å². The van der Waals surface area contributed by atoms with Crippen molar-refractivity contribution in [2.24, 2.45) is 0 Å². The first kappa shape index (κ1) is 10.2. The number of aromatic hydroxyl groups is 1. The number of halogens is 1. The summed E-state index contributed by atoms with van der Waals surface area (Å²) in [6.45, 7) is 0. The minimum absolute atomic E-state index is 0.0572. The van der Waals surface area contributed by atoms with E-state index in [9.17, 15) is 14.3 Å². The van der Waals surface area contributed by atoms with E-state index in [1.54, 1.807) is 0 Å². The van der Waals surface area contributed by atoms with Crippen molar-refractivity contribution in [3.63, 3.8) is 0 Å². The van der Waals surface area contributed by atoms with E-state index in [0.29, 0.717) is 0 Å². The van der Waals surface area contributed by atoms with Gasteiger partial charge in [0, 0.05) is 11.6 Å². The summed E-state index contributed by atoms with van der Waals surface area (Å²) in [7, 11) is 1.12. The van der Waals surface area contributed by atoms with Gasteiger partial charge in [-0.1, -0.05) is 0 Å². The van der Waals surface area contributed by atoms with Gasteiger partial charge in [0.2, 0.25) is 0 Å². The number of benzene rings is 1. The standard InChI is InChI=1S/C9H8FNO3/c1-14-9(13)8(11)6-3-2-5(10)4-7(6)12/h2-4,11-12H,1H3. The van der Waals surface area contributed by atoms with Crippen molar-refractivity contribution in [1.82, 2.24) is 0 Å². The maximum Gasteiger partial charge on any atom is 0.356 e. The lowest BCUT2D eigenvalue weighted by atomic mass is 10.1. The number of hydrogen-bond donors (Lipinski definition) is 2. The summed E-state index contributed by atoms with van der Waals surface area (Å²) in [6, 6.07) is 3.02. The molecule has 1 aromatic rings. The third kappa shape index (κ3) is 1.87. The Hall–Kier alpha value is -1.91. The summed E-state index contributed by atoms with van der Waals surface area (Å²) >= 11 is 0. The molecule has 0 aliphatic carbocycles. The molecule has 0 aliphatic rings. The fourth-order valence-electron chi connectivity index (χ4n) is 0.928. The summed E-state index contributed by atoms with van der Waals surface area (Å²) in [5.41, 5.74) is -0.566. The highest BCUT2D eigenvalue weighted by molar-refractivity contribution is 6.42. The van der Waals surface area contributed by atoms with Gasteiger partial charge in [-0.25, -0.2) is 9.18 Å². The van der Waals surface area contributed by atoms with Gasteiger partial charge in [-0.05, 0) is 12.1 Å². The molecule has 4 nitrogen and oxygen atoms in total. The zero-order valence-electron chi connectivity index (χ0n) is 7.37. The van der Waals surface area contributed by atoms with E-state index in [2.05, 4.69) is 4.74 Å². The number of methoxy groups -OCH3 is 1. The SMILES string of the molecule is COC(=O)C(=N)c1ccc(F)cc1O. The Morgan fingerprint density at radius 2 is 2.21 bits per heavy atom. The first-order valence-corrected chi connectivity index (χ1v) is 3.72. The predicted molar refractivity (Wildman–Crippen MR) is 46.9 cm³/mol. The summed E-state index contributed by atoms with van der Waals surface area (Å²) in [5, 5.41) is 16.5. The lowest BCUT2D eigenvalue weighted by molar-refractivity contribution is -0.132. The average Bonchev–Trinajstić information content (AvgIpc) is 2.15. The highest BCUT2D eigenvalue weighted by Gasteiger charge is 2.15. The number of phenolic OH excluding ortho intramolecular Hbond substituents is 1. The molecule has 0 aliphatic heterocycles. The van der Waals surface area contributed by atoms with E-state index >= 15 is 0 Å². The van der Waals surface area contributed by atoms with Gasteiger partial charge in [0.1, 0.15) is 11.6 Å². The summed E-state index contributed by atoms with van der Waals surface area (Å²) < 4.78 is 16.8. The van der Waals surface area contributed by atoms with Crippen LogP contribution in [0.5, 0.6) is 5.75 Å². The quantitative estimate of drug-likeness (QED) is 0.550. The lowest BCUT2D eigenvalue weighted by Gasteiger charge is -2.04. The van der Waals surface area contributed by atoms with E-state index in [1.165, 1.54) is 0 Å². The minimum atomic E-state index is -0.882. The first-order valence-electron chi connectivity index (χ1n) is 3.72. The Labute approximate surface area is 79.4 Å². The molecular formula is C9H8FNO3. The van der Waals surface area contributed by atoms with Gasteiger partial charge in [0.25, 0.3) is 0 Å². The van der Waals surface area contributed by atoms with Crippen LogP contribution in [0.3, 0.4) is 0 Å². The van der Waals surface area contributed by atoms with Gasteiger partial charge in [-0.3, -0.25) is 5.41 Å². The van der Waals surface area contributed by atoms with Crippen LogP contribution < -0.4 is 0 Å². The largest absolute Gasteiger partial charge is 0.507 e. The monoisotopic (exact) mass is 197 g/mol. The van der Waals surface area contributed by atoms with E-state index < -0.39 is 23.2 Å². The molecule has 14 heavy (non-hydrogen) atoms. The molecule has 0 spiro atoms. The second-order valence-corrected chi connectivity index (χ2v) is 2.53. The molecule has 2 N–H and O–H groups in total. The van der Waals surface area contributed by atoms with Crippen LogP contribution in [0.15, 0.2) is 18.2 Å². The number of esters is 1. The average molecular weight is 197 g/mol. The van der Waals surface area contributed by atoms with Crippen LogP contribution in [0.25, 0.3) is 0 Å². The van der Waals surface area contributed by atoms with Crippen molar-refractivity contribution >= 4 is 11.7 Å². The number of carbonyl (C=O) groups excluding carboxylic acids is 1. The summed E-state index contributed by atoms with van der Waals surface area (Å²) in [4.78, 5) is 10.9. The van der Waals surface area contributed by atoms with Crippen LogP contribution in [0, 0.1) is 11.2 Å². The Bertz CT molecular complexity index is 390. The van der Waals surface area contributed by atoms with Crippen molar-refractivity contribution < 1.29 is 19.0 Å². The molecule has 0 radical (unpaired) electrons. The van der Waals surface area contributed by atoms with Gasteiger partial charge in [-0.2, -0.15) is 0 Å². The molecule has 0 fully saturated rings. The Balaban J connectivity index is 3.08. The molecule has 1 rings (SSSR count). The Morgan fingerprint density at radius 1 is 1.57 bits per heavy atom. The zero-order chi connectivity index (χ0) is 10.7. The molecule has 0 saturated carbocycles. The molecule has 1 aromatic carbocycles. The molecular weight excluding hydrogens is 189 g/mol. The molecule has 0 bridgehead atoms. The Morgan fingerprint density at radius 3 is 2.71 bits per heavy atom. The van der Waals surface area contributed by atoms with Crippen LogP contribution in [0.4, 0.5) is 4.39 Å². The van der Waals surface area contributed by atoms with Gasteiger partial charge in [-0.15, -0.1) is 0 Å². The van der Waals surface area contributed by atoms with E-state index in [4.69, 9.17) is 5.41 Å². The normalized spacial score (nSPS) is 9.57. The molecule has 0 saturated heterocycles. The maximum atomic E-state index is 12.5. The third-order valence-electron chi connectivity index (χ3n) is 1.62. The van der Waals surface area contributed by atoms with Crippen molar-refractivity contribution in [3.8, 4) is 5.75 Å². The third-order valence-corrected chi connectivity index (χ3v) is 1.62. The van der Waals surface area contributed by atoms with Crippen molar-refractivity contribution in [3.05, 3.63) is 29.6 Å². The molecule has 0 heterocycles.